The highest BCUT2D eigenvalue weighted by Gasteiger charge is 2.30. The van der Waals surface area contributed by atoms with E-state index in [0.29, 0.717) is 25.7 Å². The van der Waals surface area contributed by atoms with E-state index in [1.807, 2.05) is 18.2 Å². The molecule has 0 amide bonds. The van der Waals surface area contributed by atoms with Crippen LogP contribution in [0.15, 0.2) is 53.7 Å². The molecule has 0 radical (unpaired) electrons. The maximum Gasteiger partial charge on any atom is 0.417 e. The molecule has 1 aromatic carbocycles. The second-order valence-corrected chi connectivity index (χ2v) is 7.31. The number of likely N-dealkylation sites (tertiary alicyclic amines) is 1. The van der Waals surface area contributed by atoms with E-state index >= 15 is 0 Å². The highest BCUT2D eigenvalue weighted by Crippen LogP contribution is 2.29. The summed E-state index contributed by atoms with van der Waals surface area (Å²) < 4.78 is 48.9. The highest BCUT2D eigenvalue weighted by atomic mass is 127. The number of pyridine rings is 1. The smallest absolute Gasteiger partial charge is 0.417 e. The second kappa shape index (κ2) is 12.8. The summed E-state index contributed by atoms with van der Waals surface area (Å²) in [6.07, 6.45) is -2.60. The first kappa shape index (κ1) is 26.2. The molecule has 1 aliphatic rings. The molecule has 0 aliphatic carbocycles. The molecule has 1 N–H and O–H groups in total. The summed E-state index contributed by atoms with van der Waals surface area (Å²) in [5, 5.41) is 3.22. The summed E-state index contributed by atoms with van der Waals surface area (Å²) in [7, 11) is 1.72. The van der Waals surface area contributed by atoms with Crippen molar-refractivity contribution in [3.63, 3.8) is 0 Å². The number of nitrogens with zero attached hydrogens (tertiary/aromatic N) is 3. The maximum absolute atomic E-state index is 12.6. The number of ether oxygens (including phenoxy) is 2. The predicted molar refractivity (Wildman–Crippen MR) is 127 cm³/mol. The predicted octanol–water partition coefficient (Wildman–Crippen LogP) is 4.21. The molecule has 10 heteroatoms. The SMILES string of the molecule is CN=C(NCCOc1ccc(C(F)(F)F)cn1)N1CCC(COCc2ccccc2)C1.I. The number of nitrogens with one attached hydrogen (secondary N) is 1. The van der Waals surface area contributed by atoms with E-state index in [9.17, 15) is 13.2 Å². The Morgan fingerprint density at radius 1 is 1.22 bits per heavy atom. The number of guanidine groups is 1. The Morgan fingerprint density at radius 2 is 2.00 bits per heavy atom. The lowest BCUT2D eigenvalue weighted by molar-refractivity contribution is -0.137. The molecule has 1 saturated heterocycles. The first-order valence-corrected chi connectivity index (χ1v) is 10.2. The summed E-state index contributed by atoms with van der Waals surface area (Å²) in [5.41, 5.74) is 0.368. The summed E-state index contributed by atoms with van der Waals surface area (Å²) in [4.78, 5) is 10.2. The molecular weight excluding hydrogens is 536 g/mol. The van der Waals surface area contributed by atoms with Crippen LogP contribution < -0.4 is 10.1 Å². The molecule has 1 aromatic heterocycles. The molecule has 2 aromatic rings. The standard InChI is InChI=1S/C22H27F3N4O2.HI/c1-26-21(27-10-12-31-20-8-7-19(13-28-20)22(23,24)25)29-11-9-18(14-29)16-30-15-17-5-3-2-4-6-17;/h2-8,13,18H,9-12,14-16H2,1H3,(H,26,27);1H. The van der Waals surface area contributed by atoms with Crippen molar-refractivity contribution in [2.45, 2.75) is 19.2 Å². The third-order valence-electron chi connectivity index (χ3n) is 4.96. The number of hydrogen-bond acceptors (Lipinski definition) is 4. The maximum atomic E-state index is 12.6. The van der Waals surface area contributed by atoms with Crippen LogP contribution >= 0.6 is 24.0 Å². The number of benzene rings is 1. The summed E-state index contributed by atoms with van der Waals surface area (Å²) >= 11 is 0. The van der Waals surface area contributed by atoms with Crippen LogP contribution in [0.4, 0.5) is 13.2 Å². The van der Waals surface area contributed by atoms with Gasteiger partial charge >= 0.3 is 6.18 Å². The Kier molecular flexibility index (Phi) is 10.5. The minimum absolute atomic E-state index is 0. The van der Waals surface area contributed by atoms with Gasteiger partial charge in [0.1, 0.15) is 6.61 Å². The minimum Gasteiger partial charge on any atom is -0.476 e. The number of halogens is 4. The van der Waals surface area contributed by atoms with E-state index in [1.54, 1.807) is 7.05 Å². The molecule has 0 spiro atoms. The number of alkyl halides is 3. The van der Waals surface area contributed by atoms with Crippen LogP contribution in [-0.4, -0.2) is 55.7 Å². The number of hydrogen-bond donors (Lipinski definition) is 1. The number of aromatic nitrogens is 1. The Bertz CT molecular complexity index is 835. The normalized spacial score (nSPS) is 16.6. The monoisotopic (exact) mass is 564 g/mol. The van der Waals surface area contributed by atoms with Crippen LogP contribution in [0, 0.1) is 5.92 Å². The third kappa shape index (κ3) is 8.12. The van der Waals surface area contributed by atoms with Crippen molar-refractivity contribution in [1.29, 1.82) is 0 Å². The molecule has 1 fully saturated rings. The van der Waals surface area contributed by atoms with Crippen LogP contribution in [0.25, 0.3) is 0 Å². The first-order valence-electron chi connectivity index (χ1n) is 10.2. The van der Waals surface area contributed by atoms with Crippen LogP contribution in [-0.2, 0) is 17.5 Å². The molecule has 2 heterocycles. The van der Waals surface area contributed by atoms with Crippen LogP contribution in [0.1, 0.15) is 17.5 Å². The average Bonchev–Trinajstić information content (AvgIpc) is 3.23. The van der Waals surface area contributed by atoms with Crippen molar-refractivity contribution in [3.8, 4) is 5.88 Å². The van der Waals surface area contributed by atoms with E-state index in [0.717, 1.165) is 43.3 Å². The topological polar surface area (TPSA) is 59.0 Å². The lowest BCUT2D eigenvalue weighted by atomic mass is 10.1. The van der Waals surface area contributed by atoms with Crippen molar-refractivity contribution in [2.24, 2.45) is 10.9 Å². The first-order chi connectivity index (χ1) is 15.0. The van der Waals surface area contributed by atoms with Gasteiger partial charge < -0.3 is 19.7 Å². The van der Waals surface area contributed by atoms with Crippen molar-refractivity contribution in [2.75, 3.05) is 39.9 Å². The fourth-order valence-electron chi connectivity index (χ4n) is 3.36. The van der Waals surface area contributed by atoms with Crippen molar-refractivity contribution in [3.05, 3.63) is 59.8 Å². The van der Waals surface area contributed by atoms with Gasteiger partial charge in [0, 0.05) is 38.3 Å². The van der Waals surface area contributed by atoms with Crippen LogP contribution in [0.3, 0.4) is 0 Å². The van der Waals surface area contributed by atoms with Gasteiger partial charge in [-0.2, -0.15) is 13.2 Å². The van der Waals surface area contributed by atoms with Gasteiger partial charge in [0.05, 0.1) is 25.3 Å². The van der Waals surface area contributed by atoms with Gasteiger partial charge in [-0.05, 0) is 18.1 Å². The highest BCUT2D eigenvalue weighted by molar-refractivity contribution is 14.0. The minimum atomic E-state index is -4.40. The van der Waals surface area contributed by atoms with E-state index in [4.69, 9.17) is 9.47 Å². The molecule has 1 aliphatic heterocycles. The van der Waals surface area contributed by atoms with Crippen molar-refractivity contribution >= 4 is 29.9 Å². The van der Waals surface area contributed by atoms with E-state index < -0.39 is 11.7 Å². The lowest BCUT2D eigenvalue weighted by Gasteiger charge is -2.21. The quantitative estimate of drug-likeness (QED) is 0.226. The number of aliphatic imine (C=N–C) groups is 1. The van der Waals surface area contributed by atoms with Crippen LogP contribution in [0.5, 0.6) is 5.88 Å². The summed E-state index contributed by atoms with van der Waals surface area (Å²) in [5.74, 6) is 1.37. The molecular formula is C22H28F3IN4O2. The van der Waals surface area contributed by atoms with Gasteiger partial charge in [0.2, 0.25) is 5.88 Å². The molecule has 3 rings (SSSR count). The average molecular weight is 564 g/mol. The molecule has 32 heavy (non-hydrogen) atoms. The summed E-state index contributed by atoms with van der Waals surface area (Å²) in [6.45, 7) is 3.77. The zero-order valence-electron chi connectivity index (χ0n) is 17.8. The Labute approximate surface area is 203 Å². The summed E-state index contributed by atoms with van der Waals surface area (Å²) in [6, 6.07) is 12.3. The number of rotatable bonds is 8. The Morgan fingerprint density at radius 3 is 2.66 bits per heavy atom. The molecule has 0 saturated carbocycles. The van der Waals surface area contributed by atoms with Gasteiger partial charge in [-0.15, -0.1) is 24.0 Å². The van der Waals surface area contributed by atoms with E-state index in [1.165, 1.54) is 6.07 Å². The lowest BCUT2D eigenvalue weighted by Crippen LogP contribution is -2.41. The van der Waals surface area contributed by atoms with Crippen molar-refractivity contribution < 1.29 is 22.6 Å². The zero-order valence-corrected chi connectivity index (χ0v) is 20.2. The van der Waals surface area contributed by atoms with Gasteiger partial charge in [-0.25, -0.2) is 4.98 Å². The molecule has 6 nitrogen and oxygen atoms in total. The largest absolute Gasteiger partial charge is 0.476 e. The van der Waals surface area contributed by atoms with E-state index in [2.05, 4.69) is 32.3 Å². The molecule has 1 unspecified atom stereocenters. The third-order valence-corrected chi connectivity index (χ3v) is 4.96. The second-order valence-electron chi connectivity index (χ2n) is 7.31. The van der Waals surface area contributed by atoms with Gasteiger partial charge in [0.25, 0.3) is 0 Å². The fourth-order valence-corrected chi connectivity index (χ4v) is 3.36. The molecule has 0 bridgehead atoms. The Balaban J connectivity index is 0.00000363. The van der Waals surface area contributed by atoms with E-state index in [-0.39, 0.29) is 36.5 Å². The van der Waals surface area contributed by atoms with Gasteiger partial charge in [-0.3, -0.25) is 4.99 Å². The Hall–Kier alpha value is -2.08. The fraction of sp³-hybridized carbons (Fsp3) is 0.455. The van der Waals surface area contributed by atoms with Crippen molar-refractivity contribution in [1.82, 2.24) is 15.2 Å². The van der Waals surface area contributed by atoms with Gasteiger partial charge in [0.15, 0.2) is 5.96 Å². The zero-order chi connectivity index (χ0) is 22.1. The van der Waals surface area contributed by atoms with Gasteiger partial charge in [-0.1, -0.05) is 30.3 Å². The molecule has 1 atom stereocenters. The van der Waals surface area contributed by atoms with Crippen LogP contribution in [0.2, 0.25) is 0 Å². The molecule has 176 valence electrons.